The molecular formula is C19H20Cl2N2O3. The van der Waals surface area contributed by atoms with E-state index < -0.39 is 0 Å². The van der Waals surface area contributed by atoms with Crippen LogP contribution in [0.3, 0.4) is 0 Å². The Hall–Kier alpha value is -1.95. The van der Waals surface area contributed by atoms with Gasteiger partial charge in [0.25, 0.3) is 0 Å². The minimum atomic E-state index is -0.244. The number of para-hydroxylation sites is 1. The smallest absolute Gasteiger partial charge is 0.317 e. The number of hydrogen-bond donors (Lipinski definition) is 1. The lowest BCUT2D eigenvalue weighted by atomic mass is 10.1. The SMILES string of the molecule is O=C(NCCOc1ccccc1)N1CCOC(c2cc(Cl)cc(Cl)c2)C1. The molecule has 1 fully saturated rings. The number of halogens is 2. The predicted molar refractivity (Wildman–Crippen MR) is 102 cm³/mol. The van der Waals surface area contributed by atoms with E-state index in [1.807, 2.05) is 42.5 Å². The molecule has 2 aromatic rings. The summed E-state index contributed by atoms with van der Waals surface area (Å²) < 4.78 is 11.3. The van der Waals surface area contributed by atoms with Crippen LogP contribution in [-0.4, -0.2) is 43.8 Å². The molecule has 0 aromatic heterocycles. The summed E-state index contributed by atoms with van der Waals surface area (Å²) in [5.74, 6) is 0.783. The number of nitrogens with one attached hydrogen (secondary N) is 1. The fourth-order valence-electron chi connectivity index (χ4n) is 2.75. The Morgan fingerprint density at radius 1 is 1.19 bits per heavy atom. The second-order valence-electron chi connectivity index (χ2n) is 5.90. The van der Waals surface area contributed by atoms with Crippen LogP contribution < -0.4 is 10.1 Å². The van der Waals surface area contributed by atoms with Gasteiger partial charge in [0.1, 0.15) is 18.5 Å². The second-order valence-corrected chi connectivity index (χ2v) is 6.77. The number of carbonyl (C=O) groups is 1. The highest BCUT2D eigenvalue weighted by atomic mass is 35.5. The molecule has 1 aliphatic rings. The van der Waals surface area contributed by atoms with Crippen LogP contribution in [0.5, 0.6) is 5.75 Å². The summed E-state index contributed by atoms with van der Waals surface area (Å²) in [6.45, 7) is 2.28. The zero-order valence-corrected chi connectivity index (χ0v) is 15.7. The first-order valence-corrected chi connectivity index (χ1v) is 9.15. The molecule has 5 nitrogen and oxygen atoms in total. The first-order chi connectivity index (χ1) is 12.6. The van der Waals surface area contributed by atoms with Crippen LogP contribution in [0, 0.1) is 0 Å². The normalized spacial score (nSPS) is 17.0. The standard InChI is InChI=1S/C19H20Cl2N2O3/c20-15-10-14(11-16(21)12-15)18-13-23(7-9-26-18)19(24)22-6-8-25-17-4-2-1-3-5-17/h1-5,10-12,18H,6-9,13H2,(H,22,24). The molecule has 0 spiro atoms. The number of amides is 2. The molecule has 0 radical (unpaired) electrons. The largest absolute Gasteiger partial charge is 0.492 e. The van der Waals surface area contributed by atoms with E-state index in [9.17, 15) is 4.79 Å². The Bertz CT molecular complexity index is 723. The van der Waals surface area contributed by atoms with Crippen molar-refractivity contribution in [2.75, 3.05) is 32.8 Å². The van der Waals surface area contributed by atoms with Gasteiger partial charge in [-0.05, 0) is 35.9 Å². The monoisotopic (exact) mass is 394 g/mol. The van der Waals surface area contributed by atoms with E-state index in [0.717, 1.165) is 11.3 Å². The van der Waals surface area contributed by atoms with Crippen LogP contribution >= 0.6 is 23.2 Å². The van der Waals surface area contributed by atoms with E-state index in [4.69, 9.17) is 32.7 Å². The summed E-state index contributed by atoms with van der Waals surface area (Å²) in [4.78, 5) is 14.1. The summed E-state index contributed by atoms with van der Waals surface area (Å²) >= 11 is 12.1. The highest BCUT2D eigenvalue weighted by Gasteiger charge is 2.25. The van der Waals surface area contributed by atoms with Gasteiger partial charge in [-0.15, -0.1) is 0 Å². The van der Waals surface area contributed by atoms with Gasteiger partial charge in [-0.25, -0.2) is 4.79 Å². The number of nitrogens with zero attached hydrogens (tertiary/aromatic N) is 1. The number of rotatable bonds is 5. The lowest BCUT2D eigenvalue weighted by molar-refractivity contribution is -0.0154. The van der Waals surface area contributed by atoms with Gasteiger partial charge in [0.05, 0.1) is 19.7 Å². The topological polar surface area (TPSA) is 50.8 Å². The average Bonchev–Trinajstić information content (AvgIpc) is 2.65. The quantitative estimate of drug-likeness (QED) is 0.774. The molecule has 1 N–H and O–H groups in total. The molecule has 0 bridgehead atoms. The predicted octanol–water partition coefficient (Wildman–Crippen LogP) is 4.16. The minimum Gasteiger partial charge on any atom is -0.492 e. The van der Waals surface area contributed by atoms with Crippen LogP contribution in [0.1, 0.15) is 11.7 Å². The van der Waals surface area contributed by atoms with Gasteiger partial charge in [-0.2, -0.15) is 0 Å². The summed E-state index contributed by atoms with van der Waals surface area (Å²) in [5, 5.41) is 3.97. The van der Waals surface area contributed by atoms with Gasteiger partial charge in [-0.3, -0.25) is 0 Å². The number of morpholine rings is 1. The van der Waals surface area contributed by atoms with E-state index in [2.05, 4.69) is 5.32 Å². The molecule has 1 atom stereocenters. The van der Waals surface area contributed by atoms with Crippen LogP contribution in [0.4, 0.5) is 4.79 Å². The fourth-order valence-corrected chi connectivity index (χ4v) is 3.29. The Morgan fingerprint density at radius 3 is 2.65 bits per heavy atom. The van der Waals surface area contributed by atoms with Crippen molar-refractivity contribution in [3.63, 3.8) is 0 Å². The van der Waals surface area contributed by atoms with E-state index in [1.165, 1.54) is 0 Å². The van der Waals surface area contributed by atoms with Crippen molar-refractivity contribution in [2.45, 2.75) is 6.10 Å². The maximum atomic E-state index is 12.4. The summed E-state index contributed by atoms with van der Waals surface area (Å²) in [7, 11) is 0. The number of urea groups is 1. The zero-order chi connectivity index (χ0) is 18.4. The molecule has 138 valence electrons. The van der Waals surface area contributed by atoms with E-state index in [1.54, 1.807) is 11.0 Å². The Labute approximate surface area is 162 Å². The van der Waals surface area contributed by atoms with Crippen molar-refractivity contribution in [3.8, 4) is 5.75 Å². The van der Waals surface area contributed by atoms with E-state index in [0.29, 0.717) is 42.9 Å². The van der Waals surface area contributed by atoms with Crippen molar-refractivity contribution in [1.82, 2.24) is 10.2 Å². The van der Waals surface area contributed by atoms with Crippen molar-refractivity contribution in [3.05, 3.63) is 64.1 Å². The maximum Gasteiger partial charge on any atom is 0.317 e. The molecule has 1 heterocycles. The Kier molecular flexibility index (Phi) is 6.61. The molecule has 0 saturated carbocycles. The van der Waals surface area contributed by atoms with Gasteiger partial charge >= 0.3 is 6.03 Å². The van der Waals surface area contributed by atoms with Gasteiger partial charge in [-0.1, -0.05) is 41.4 Å². The van der Waals surface area contributed by atoms with Crippen LogP contribution in [0.15, 0.2) is 48.5 Å². The molecule has 0 aliphatic carbocycles. The molecule has 2 amide bonds. The van der Waals surface area contributed by atoms with Crippen LogP contribution in [0.25, 0.3) is 0 Å². The van der Waals surface area contributed by atoms with Gasteiger partial charge in [0.2, 0.25) is 0 Å². The average molecular weight is 395 g/mol. The number of hydrogen-bond acceptors (Lipinski definition) is 3. The highest BCUT2D eigenvalue weighted by molar-refractivity contribution is 6.34. The number of ether oxygens (including phenoxy) is 2. The molecule has 3 rings (SSSR count). The Balaban J connectivity index is 1.48. The van der Waals surface area contributed by atoms with Crippen molar-refractivity contribution < 1.29 is 14.3 Å². The molecule has 26 heavy (non-hydrogen) atoms. The van der Waals surface area contributed by atoms with Gasteiger partial charge < -0.3 is 19.7 Å². The maximum absolute atomic E-state index is 12.4. The highest BCUT2D eigenvalue weighted by Crippen LogP contribution is 2.28. The van der Waals surface area contributed by atoms with Crippen molar-refractivity contribution in [2.24, 2.45) is 0 Å². The first kappa shape index (κ1) is 18.8. The zero-order valence-electron chi connectivity index (χ0n) is 14.2. The lowest BCUT2D eigenvalue weighted by Crippen LogP contribution is -2.47. The number of benzene rings is 2. The van der Waals surface area contributed by atoms with Crippen molar-refractivity contribution >= 4 is 29.2 Å². The van der Waals surface area contributed by atoms with Gasteiger partial charge in [0.15, 0.2) is 0 Å². The Morgan fingerprint density at radius 2 is 1.92 bits per heavy atom. The third-order valence-electron chi connectivity index (χ3n) is 4.00. The minimum absolute atomic E-state index is 0.136. The van der Waals surface area contributed by atoms with E-state index in [-0.39, 0.29) is 12.1 Å². The molecule has 2 aromatic carbocycles. The molecule has 1 aliphatic heterocycles. The van der Waals surface area contributed by atoms with Crippen LogP contribution in [0.2, 0.25) is 10.0 Å². The fraction of sp³-hybridized carbons (Fsp3) is 0.316. The number of carbonyl (C=O) groups excluding carboxylic acids is 1. The summed E-state index contributed by atoms with van der Waals surface area (Å²) in [6, 6.07) is 14.7. The van der Waals surface area contributed by atoms with Gasteiger partial charge in [0, 0.05) is 16.6 Å². The molecular weight excluding hydrogens is 375 g/mol. The lowest BCUT2D eigenvalue weighted by Gasteiger charge is -2.33. The second kappa shape index (κ2) is 9.12. The third kappa shape index (κ3) is 5.27. The summed E-state index contributed by atoms with van der Waals surface area (Å²) in [6.07, 6.45) is -0.244. The van der Waals surface area contributed by atoms with Crippen LogP contribution in [-0.2, 0) is 4.74 Å². The molecule has 7 heteroatoms. The molecule has 1 saturated heterocycles. The first-order valence-electron chi connectivity index (χ1n) is 8.40. The summed E-state index contributed by atoms with van der Waals surface area (Å²) in [5.41, 5.74) is 0.868. The third-order valence-corrected chi connectivity index (χ3v) is 4.44. The molecule has 1 unspecified atom stereocenters. The van der Waals surface area contributed by atoms with E-state index >= 15 is 0 Å². The van der Waals surface area contributed by atoms with Crippen molar-refractivity contribution in [1.29, 1.82) is 0 Å².